The molecule has 1 aliphatic rings. The summed E-state index contributed by atoms with van der Waals surface area (Å²) in [5, 5.41) is 0. The lowest BCUT2D eigenvalue weighted by molar-refractivity contribution is -0.141. The molecule has 0 aromatic heterocycles. The molecule has 0 aromatic carbocycles. The normalized spacial score (nSPS) is 26.1. The highest BCUT2D eigenvalue weighted by atomic mass is 35.5. The second kappa shape index (κ2) is 4.91. The van der Waals surface area contributed by atoms with Crippen LogP contribution in [0.2, 0.25) is 0 Å². The smallest absolute Gasteiger partial charge is 0.133 e. The summed E-state index contributed by atoms with van der Waals surface area (Å²) in [5.74, 6) is 0. The zero-order chi connectivity index (χ0) is 6.69. The van der Waals surface area contributed by atoms with Crippen LogP contribution in [0.3, 0.4) is 0 Å². The zero-order valence-electron chi connectivity index (χ0n) is 6.37. The fourth-order valence-corrected chi connectivity index (χ4v) is 0.773. The Balaban J connectivity index is 0.000000810. The van der Waals surface area contributed by atoms with E-state index in [1.54, 1.807) is 0 Å². The zero-order valence-corrected chi connectivity index (χ0v) is 7.19. The summed E-state index contributed by atoms with van der Waals surface area (Å²) in [5.41, 5.74) is 0. The van der Waals surface area contributed by atoms with Crippen LogP contribution >= 0.6 is 12.4 Å². The second-order valence-electron chi connectivity index (χ2n) is 2.36. The Hall–Kier alpha value is 0.170. The number of ether oxygens (including phenoxy) is 2. The summed E-state index contributed by atoms with van der Waals surface area (Å²) >= 11 is 0. The lowest BCUT2D eigenvalue weighted by Crippen LogP contribution is -2.39. The lowest BCUT2D eigenvalue weighted by atomic mass is 10.5. The first kappa shape index (κ1) is 10.2. The van der Waals surface area contributed by atoms with Gasteiger partial charge in [0.15, 0.2) is 0 Å². The van der Waals surface area contributed by atoms with Gasteiger partial charge in [0.25, 0.3) is 0 Å². The van der Waals surface area contributed by atoms with Crippen molar-refractivity contribution in [2.24, 2.45) is 0 Å². The van der Waals surface area contributed by atoms with Gasteiger partial charge in [0.1, 0.15) is 6.23 Å². The molecule has 0 radical (unpaired) electrons. The number of hydrogen-bond acceptors (Lipinski definition) is 3. The highest BCUT2D eigenvalue weighted by Gasteiger charge is 2.14. The molecule has 0 aromatic rings. The van der Waals surface area contributed by atoms with Crippen molar-refractivity contribution in [2.45, 2.75) is 6.23 Å². The summed E-state index contributed by atoms with van der Waals surface area (Å²) in [6.07, 6.45) is 0.166. The van der Waals surface area contributed by atoms with Gasteiger partial charge in [-0.25, -0.2) is 0 Å². The van der Waals surface area contributed by atoms with E-state index in [1.165, 1.54) is 0 Å². The van der Waals surface area contributed by atoms with Crippen LogP contribution in [-0.4, -0.2) is 45.0 Å². The van der Waals surface area contributed by atoms with Gasteiger partial charge in [-0.15, -0.1) is 12.4 Å². The van der Waals surface area contributed by atoms with Crippen LogP contribution in [0.1, 0.15) is 0 Å². The van der Waals surface area contributed by atoms with Crippen LogP contribution in [0.5, 0.6) is 0 Å². The van der Waals surface area contributed by atoms with E-state index >= 15 is 0 Å². The molecular formula is C6H14ClNO2. The third kappa shape index (κ3) is 2.84. The minimum atomic E-state index is 0. The van der Waals surface area contributed by atoms with Crippen molar-refractivity contribution in [1.82, 2.24) is 4.90 Å². The molecule has 1 heterocycles. The number of halogens is 1. The third-order valence-corrected chi connectivity index (χ3v) is 1.37. The van der Waals surface area contributed by atoms with E-state index in [-0.39, 0.29) is 18.6 Å². The Labute approximate surface area is 67.7 Å². The Kier molecular flexibility index (Phi) is 4.99. The van der Waals surface area contributed by atoms with E-state index in [0.717, 1.165) is 13.2 Å². The van der Waals surface area contributed by atoms with Crippen LogP contribution in [0.4, 0.5) is 0 Å². The molecule has 0 spiro atoms. The molecule has 0 amide bonds. The first-order chi connectivity index (χ1) is 4.30. The predicted octanol–water partition coefficient (Wildman–Crippen LogP) is 0.343. The summed E-state index contributed by atoms with van der Waals surface area (Å²) in [6, 6.07) is 0. The maximum Gasteiger partial charge on any atom is 0.133 e. The minimum absolute atomic E-state index is 0. The van der Waals surface area contributed by atoms with Gasteiger partial charge in [-0.3, -0.25) is 4.90 Å². The van der Waals surface area contributed by atoms with Crippen molar-refractivity contribution < 1.29 is 9.47 Å². The summed E-state index contributed by atoms with van der Waals surface area (Å²) in [7, 11) is 3.97. The van der Waals surface area contributed by atoms with Gasteiger partial charge >= 0.3 is 0 Å². The van der Waals surface area contributed by atoms with Gasteiger partial charge in [-0.2, -0.15) is 0 Å². The highest BCUT2D eigenvalue weighted by Crippen LogP contribution is 2.01. The predicted molar refractivity (Wildman–Crippen MR) is 41.5 cm³/mol. The summed E-state index contributed by atoms with van der Waals surface area (Å²) in [4.78, 5) is 2.01. The van der Waals surface area contributed by atoms with E-state index in [0.29, 0.717) is 6.61 Å². The van der Waals surface area contributed by atoms with Crippen LogP contribution in [0.15, 0.2) is 0 Å². The first-order valence-electron chi connectivity index (χ1n) is 3.16. The molecule has 1 atom stereocenters. The lowest BCUT2D eigenvalue weighted by Gasteiger charge is -2.27. The van der Waals surface area contributed by atoms with E-state index < -0.39 is 0 Å². The molecule has 0 saturated carbocycles. The Bertz CT molecular complexity index is 83.8. The molecule has 1 fully saturated rings. The van der Waals surface area contributed by atoms with Crippen molar-refractivity contribution in [3.8, 4) is 0 Å². The van der Waals surface area contributed by atoms with Crippen molar-refractivity contribution in [2.75, 3.05) is 33.9 Å². The number of hydrogen-bond donors (Lipinski definition) is 0. The van der Waals surface area contributed by atoms with Crippen LogP contribution in [0, 0.1) is 0 Å². The monoisotopic (exact) mass is 167 g/mol. The molecule has 1 aliphatic heterocycles. The Morgan fingerprint density at radius 2 is 2.00 bits per heavy atom. The molecule has 10 heavy (non-hydrogen) atoms. The van der Waals surface area contributed by atoms with Gasteiger partial charge in [0, 0.05) is 0 Å². The molecular weight excluding hydrogens is 154 g/mol. The Morgan fingerprint density at radius 1 is 1.30 bits per heavy atom. The quantitative estimate of drug-likeness (QED) is 0.563. The van der Waals surface area contributed by atoms with Crippen molar-refractivity contribution in [3.05, 3.63) is 0 Å². The maximum atomic E-state index is 5.34. The van der Waals surface area contributed by atoms with Crippen LogP contribution in [0.25, 0.3) is 0 Å². The van der Waals surface area contributed by atoms with Gasteiger partial charge in [0.2, 0.25) is 0 Å². The molecule has 1 unspecified atom stereocenters. The van der Waals surface area contributed by atoms with E-state index in [2.05, 4.69) is 0 Å². The van der Waals surface area contributed by atoms with Crippen LogP contribution in [-0.2, 0) is 9.47 Å². The minimum Gasteiger partial charge on any atom is -0.375 e. The van der Waals surface area contributed by atoms with Crippen molar-refractivity contribution >= 4 is 12.4 Å². The second-order valence-corrected chi connectivity index (χ2v) is 2.36. The topological polar surface area (TPSA) is 21.7 Å². The fourth-order valence-electron chi connectivity index (χ4n) is 0.773. The highest BCUT2D eigenvalue weighted by molar-refractivity contribution is 5.85. The van der Waals surface area contributed by atoms with Crippen molar-refractivity contribution in [3.63, 3.8) is 0 Å². The van der Waals surface area contributed by atoms with Gasteiger partial charge in [-0.1, -0.05) is 0 Å². The average Bonchev–Trinajstić information content (AvgIpc) is 1.90. The number of nitrogens with zero attached hydrogens (tertiary/aromatic N) is 1. The largest absolute Gasteiger partial charge is 0.375 e. The fraction of sp³-hybridized carbons (Fsp3) is 1.00. The maximum absolute atomic E-state index is 5.34. The third-order valence-electron chi connectivity index (χ3n) is 1.37. The van der Waals surface area contributed by atoms with Gasteiger partial charge < -0.3 is 9.47 Å². The molecule has 0 N–H and O–H groups in total. The standard InChI is InChI=1S/C6H13NO2.ClH/c1-7(2)6-5-8-3-4-9-6;/h6H,3-5H2,1-2H3;1H. The number of likely N-dealkylation sites (N-methyl/N-ethyl adjacent to an activating group) is 1. The summed E-state index contributed by atoms with van der Waals surface area (Å²) < 4.78 is 10.5. The van der Waals surface area contributed by atoms with E-state index in [9.17, 15) is 0 Å². The molecule has 4 heteroatoms. The molecule has 1 saturated heterocycles. The number of rotatable bonds is 1. The van der Waals surface area contributed by atoms with Gasteiger partial charge in [-0.05, 0) is 14.1 Å². The van der Waals surface area contributed by atoms with Gasteiger partial charge in [0.05, 0.1) is 19.8 Å². The van der Waals surface area contributed by atoms with E-state index in [4.69, 9.17) is 9.47 Å². The first-order valence-corrected chi connectivity index (χ1v) is 3.16. The van der Waals surface area contributed by atoms with Crippen LogP contribution < -0.4 is 0 Å². The SMILES string of the molecule is CN(C)C1COCCO1.Cl. The molecule has 0 bridgehead atoms. The molecule has 62 valence electrons. The van der Waals surface area contributed by atoms with E-state index in [1.807, 2.05) is 19.0 Å². The molecule has 1 rings (SSSR count). The van der Waals surface area contributed by atoms with Crippen molar-refractivity contribution in [1.29, 1.82) is 0 Å². The Morgan fingerprint density at radius 3 is 2.30 bits per heavy atom. The summed E-state index contributed by atoms with van der Waals surface area (Å²) in [6.45, 7) is 2.17. The molecule has 0 aliphatic carbocycles. The molecule has 3 nitrogen and oxygen atoms in total. The average molecular weight is 168 g/mol.